The molecule has 2 aromatic heterocycles. The number of rotatable bonds is 2. The molecule has 0 atom stereocenters. The Bertz CT molecular complexity index is 847. The number of hydrogen-bond donors (Lipinski definition) is 2. The summed E-state index contributed by atoms with van der Waals surface area (Å²) in [6.07, 6.45) is 3.18. The highest BCUT2D eigenvalue weighted by molar-refractivity contribution is 9.10. The van der Waals surface area contributed by atoms with Gasteiger partial charge in [0.25, 0.3) is 5.56 Å². The topological polar surface area (TPSA) is 78.9 Å². The maximum Gasteiger partial charge on any atom is 0.262 e. The van der Waals surface area contributed by atoms with Gasteiger partial charge in [-0.15, -0.1) is 0 Å². The summed E-state index contributed by atoms with van der Waals surface area (Å²) >= 11 is 3.34. The quantitative estimate of drug-likeness (QED) is 0.749. The number of nitrogens with zero attached hydrogens (tertiary/aromatic N) is 2. The summed E-state index contributed by atoms with van der Waals surface area (Å²) in [5.74, 6) is 0.00214. The molecule has 0 fully saturated rings. The Kier molecular flexibility index (Phi) is 3.53. The number of nitrogens with one attached hydrogen (secondary N) is 1. The lowest BCUT2D eigenvalue weighted by molar-refractivity contribution is 0.454. The predicted molar refractivity (Wildman–Crippen MR) is 82.9 cm³/mol. The minimum Gasteiger partial charge on any atom is -0.493 e. The third-order valence-electron chi connectivity index (χ3n) is 2.97. The first-order chi connectivity index (χ1) is 10.1. The maximum atomic E-state index is 12.3. The molecule has 0 aliphatic carbocycles. The van der Waals surface area contributed by atoms with Crippen LogP contribution in [0, 0.1) is 0 Å². The van der Waals surface area contributed by atoms with Crippen molar-refractivity contribution in [1.29, 1.82) is 0 Å². The van der Waals surface area contributed by atoms with E-state index in [1.54, 1.807) is 42.7 Å². The zero-order chi connectivity index (χ0) is 14.8. The van der Waals surface area contributed by atoms with E-state index in [0.717, 1.165) is 4.47 Å². The van der Waals surface area contributed by atoms with Crippen LogP contribution in [0.3, 0.4) is 0 Å². The Morgan fingerprint density at radius 1 is 1.10 bits per heavy atom. The molecule has 0 saturated heterocycles. The third kappa shape index (κ3) is 2.71. The van der Waals surface area contributed by atoms with Gasteiger partial charge < -0.3 is 10.1 Å². The molecule has 2 N–H and O–H groups in total. The number of aromatic hydroxyl groups is 1. The maximum absolute atomic E-state index is 12.3. The van der Waals surface area contributed by atoms with E-state index in [0.29, 0.717) is 17.0 Å². The van der Waals surface area contributed by atoms with E-state index < -0.39 is 5.56 Å². The SMILES string of the molecule is O=c1[nH]c(-c2ccncc2)nc(O)c1-c1cccc(Br)c1. The van der Waals surface area contributed by atoms with Gasteiger partial charge in [0.05, 0.1) is 0 Å². The van der Waals surface area contributed by atoms with Crippen LogP contribution in [0.15, 0.2) is 58.1 Å². The summed E-state index contributed by atoms with van der Waals surface area (Å²) in [7, 11) is 0. The van der Waals surface area contributed by atoms with Crippen molar-refractivity contribution in [1.82, 2.24) is 15.0 Å². The molecule has 0 radical (unpaired) electrons. The molecule has 0 aliphatic rings. The summed E-state index contributed by atoms with van der Waals surface area (Å²) in [5, 5.41) is 10.1. The molecule has 104 valence electrons. The Labute approximate surface area is 128 Å². The zero-order valence-electron chi connectivity index (χ0n) is 10.7. The number of pyridine rings is 1. The first-order valence-electron chi connectivity index (χ1n) is 6.15. The minimum absolute atomic E-state index is 0.147. The van der Waals surface area contributed by atoms with Crippen molar-refractivity contribution in [3.63, 3.8) is 0 Å². The van der Waals surface area contributed by atoms with Gasteiger partial charge in [0.15, 0.2) is 0 Å². The Balaban J connectivity index is 2.16. The molecule has 5 nitrogen and oxygen atoms in total. The van der Waals surface area contributed by atoms with Crippen molar-refractivity contribution < 1.29 is 5.11 Å². The molecule has 6 heteroatoms. The van der Waals surface area contributed by atoms with Crippen molar-refractivity contribution in [2.24, 2.45) is 0 Å². The average Bonchev–Trinajstić information content (AvgIpc) is 2.47. The molecule has 0 saturated carbocycles. The second-order valence-corrected chi connectivity index (χ2v) is 5.28. The van der Waals surface area contributed by atoms with Crippen LogP contribution in [0.25, 0.3) is 22.5 Å². The van der Waals surface area contributed by atoms with Crippen LogP contribution >= 0.6 is 15.9 Å². The van der Waals surface area contributed by atoms with Crippen LogP contribution < -0.4 is 5.56 Å². The lowest BCUT2D eigenvalue weighted by Gasteiger charge is -2.06. The molecule has 3 aromatic rings. The molecule has 0 amide bonds. The van der Waals surface area contributed by atoms with Gasteiger partial charge in [0.2, 0.25) is 5.88 Å². The van der Waals surface area contributed by atoms with E-state index in [4.69, 9.17) is 0 Å². The van der Waals surface area contributed by atoms with Gasteiger partial charge in [-0.2, -0.15) is 4.98 Å². The number of hydrogen-bond acceptors (Lipinski definition) is 4. The van der Waals surface area contributed by atoms with E-state index in [1.807, 2.05) is 6.07 Å². The number of H-pyrrole nitrogens is 1. The van der Waals surface area contributed by atoms with Gasteiger partial charge in [-0.1, -0.05) is 28.1 Å². The van der Waals surface area contributed by atoms with Crippen LogP contribution in [-0.4, -0.2) is 20.1 Å². The van der Waals surface area contributed by atoms with E-state index in [-0.39, 0.29) is 11.4 Å². The Hall–Kier alpha value is -2.47. The number of aromatic amines is 1. The fourth-order valence-corrected chi connectivity index (χ4v) is 2.41. The van der Waals surface area contributed by atoms with Crippen molar-refractivity contribution >= 4 is 15.9 Å². The smallest absolute Gasteiger partial charge is 0.262 e. The Morgan fingerprint density at radius 2 is 1.86 bits per heavy atom. The van der Waals surface area contributed by atoms with Gasteiger partial charge >= 0.3 is 0 Å². The van der Waals surface area contributed by atoms with Crippen molar-refractivity contribution in [3.8, 4) is 28.4 Å². The molecule has 1 aromatic carbocycles. The van der Waals surface area contributed by atoms with E-state index in [2.05, 4.69) is 30.9 Å². The lowest BCUT2D eigenvalue weighted by atomic mass is 10.1. The van der Waals surface area contributed by atoms with Crippen LogP contribution in [0.1, 0.15) is 0 Å². The number of benzene rings is 1. The van der Waals surface area contributed by atoms with Gasteiger partial charge in [-0.05, 0) is 29.8 Å². The molecule has 2 heterocycles. The standard InChI is InChI=1S/C15H10BrN3O2/c16-11-3-1-2-10(8-11)12-14(20)18-13(19-15(12)21)9-4-6-17-7-5-9/h1-8H,(H2,18,19,20,21). The molecular weight excluding hydrogens is 334 g/mol. The summed E-state index contributed by atoms with van der Waals surface area (Å²) in [5.41, 5.74) is 1.02. The summed E-state index contributed by atoms with van der Waals surface area (Å²) in [6.45, 7) is 0. The molecule has 0 bridgehead atoms. The van der Waals surface area contributed by atoms with Gasteiger partial charge in [0.1, 0.15) is 11.4 Å². The van der Waals surface area contributed by atoms with Crippen molar-refractivity contribution in [2.45, 2.75) is 0 Å². The van der Waals surface area contributed by atoms with Crippen molar-refractivity contribution in [3.05, 3.63) is 63.6 Å². The van der Waals surface area contributed by atoms with Crippen LogP contribution in [0.2, 0.25) is 0 Å². The zero-order valence-corrected chi connectivity index (χ0v) is 12.3. The third-order valence-corrected chi connectivity index (χ3v) is 3.46. The van der Waals surface area contributed by atoms with Gasteiger partial charge in [-0.25, -0.2) is 0 Å². The second kappa shape index (κ2) is 5.49. The average molecular weight is 344 g/mol. The van der Waals surface area contributed by atoms with Crippen LogP contribution in [0.5, 0.6) is 5.88 Å². The summed E-state index contributed by atoms with van der Waals surface area (Å²) < 4.78 is 0.817. The van der Waals surface area contributed by atoms with Gasteiger partial charge in [0, 0.05) is 22.4 Å². The van der Waals surface area contributed by atoms with Gasteiger partial charge in [-0.3, -0.25) is 9.78 Å². The fraction of sp³-hybridized carbons (Fsp3) is 0. The highest BCUT2D eigenvalue weighted by atomic mass is 79.9. The summed E-state index contributed by atoms with van der Waals surface area (Å²) in [6, 6.07) is 10.5. The number of halogens is 1. The summed E-state index contributed by atoms with van der Waals surface area (Å²) in [4.78, 5) is 22.9. The highest BCUT2D eigenvalue weighted by Gasteiger charge is 2.14. The molecule has 0 spiro atoms. The molecule has 0 unspecified atom stereocenters. The number of aromatic nitrogens is 3. The second-order valence-electron chi connectivity index (χ2n) is 4.36. The fourth-order valence-electron chi connectivity index (χ4n) is 2.01. The van der Waals surface area contributed by atoms with E-state index >= 15 is 0 Å². The lowest BCUT2D eigenvalue weighted by Crippen LogP contribution is -2.12. The van der Waals surface area contributed by atoms with Crippen molar-refractivity contribution in [2.75, 3.05) is 0 Å². The first kappa shape index (κ1) is 13.5. The Morgan fingerprint density at radius 3 is 2.52 bits per heavy atom. The first-order valence-corrected chi connectivity index (χ1v) is 6.94. The van der Waals surface area contributed by atoms with E-state index in [9.17, 15) is 9.90 Å². The molecular formula is C15H10BrN3O2. The van der Waals surface area contributed by atoms with Crippen LogP contribution in [-0.2, 0) is 0 Å². The highest BCUT2D eigenvalue weighted by Crippen LogP contribution is 2.27. The largest absolute Gasteiger partial charge is 0.493 e. The normalized spacial score (nSPS) is 10.5. The molecule has 0 aliphatic heterocycles. The monoisotopic (exact) mass is 343 g/mol. The molecule has 21 heavy (non-hydrogen) atoms. The molecule has 3 rings (SSSR count). The van der Waals surface area contributed by atoms with Crippen LogP contribution in [0.4, 0.5) is 0 Å². The predicted octanol–water partition coefficient (Wildman–Crippen LogP) is 2.97. The van der Waals surface area contributed by atoms with E-state index in [1.165, 1.54) is 0 Å². The minimum atomic E-state index is -0.396.